The average molecular weight is 443 g/mol. The van der Waals surface area contributed by atoms with E-state index in [1.54, 1.807) is 0 Å². The van der Waals surface area contributed by atoms with Crippen LogP contribution in [0.5, 0.6) is 0 Å². The molecule has 1 unspecified atom stereocenters. The molecule has 0 bridgehead atoms. The number of hydrogen-bond acceptors (Lipinski definition) is 4. The lowest BCUT2D eigenvalue weighted by molar-refractivity contribution is -0.143. The summed E-state index contributed by atoms with van der Waals surface area (Å²) in [6.45, 7) is 4.71. The number of carbonyl (C=O) groups is 1. The lowest BCUT2D eigenvalue weighted by atomic mass is 9.97. The van der Waals surface area contributed by atoms with Crippen molar-refractivity contribution in [2.45, 2.75) is 32.9 Å². The highest BCUT2D eigenvalue weighted by Crippen LogP contribution is 2.20. The molecule has 1 N–H and O–H groups in total. The molecule has 0 amide bonds. The van der Waals surface area contributed by atoms with Crippen molar-refractivity contribution < 1.29 is 14.7 Å². The zero-order valence-corrected chi connectivity index (χ0v) is 19.0. The molecular weight excluding hydrogens is 412 g/mol. The van der Waals surface area contributed by atoms with Crippen LogP contribution >= 0.6 is 0 Å². The first-order chi connectivity index (χ1) is 16.1. The number of benzene rings is 3. The summed E-state index contributed by atoms with van der Waals surface area (Å²) in [7, 11) is 0. The lowest BCUT2D eigenvalue weighted by Crippen LogP contribution is -2.38. The third kappa shape index (κ3) is 6.30. The average Bonchev–Trinajstić information content (AvgIpc) is 2.85. The van der Waals surface area contributed by atoms with Gasteiger partial charge in [0.1, 0.15) is 6.61 Å². The smallest absolute Gasteiger partial charge is 0.307 e. The maximum Gasteiger partial charge on any atom is 0.307 e. The Hall–Kier alpha value is -3.44. The van der Waals surface area contributed by atoms with E-state index in [9.17, 15) is 9.90 Å². The molecule has 3 aromatic rings. The summed E-state index contributed by atoms with van der Waals surface area (Å²) in [5.41, 5.74) is 6.47. The maximum absolute atomic E-state index is 11.3. The number of oxime groups is 1. The standard InChI is InChI=1S/C28H30N2O3/c1-21(29-33-20-23-11-15-26(16-12-23)25-6-3-2-4-7-25)24-13-9-22(10-14-24)18-30-17-5-8-27(19-30)28(31)32/h2-4,6-7,9-16,27H,5,8,17-20H2,1H3,(H,31,32)/b29-21+. The lowest BCUT2D eigenvalue weighted by Gasteiger charge is -2.30. The molecule has 170 valence electrons. The second-order valence-corrected chi connectivity index (χ2v) is 8.62. The van der Waals surface area contributed by atoms with E-state index in [1.165, 1.54) is 16.7 Å². The maximum atomic E-state index is 11.3. The summed E-state index contributed by atoms with van der Waals surface area (Å²) < 4.78 is 0. The van der Waals surface area contributed by atoms with Gasteiger partial charge in [-0.1, -0.05) is 84.0 Å². The van der Waals surface area contributed by atoms with E-state index < -0.39 is 5.97 Å². The summed E-state index contributed by atoms with van der Waals surface area (Å²) in [6, 6.07) is 26.9. The fourth-order valence-electron chi connectivity index (χ4n) is 4.19. The first kappa shape index (κ1) is 22.7. The normalized spacial score (nSPS) is 17.0. The van der Waals surface area contributed by atoms with Crippen LogP contribution in [0.3, 0.4) is 0 Å². The van der Waals surface area contributed by atoms with Crippen molar-refractivity contribution in [2.24, 2.45) is 11.1 Å². The van der Waals surface area contributed by atoms with Gasteiger partial charge in [-0.05, 0) is 54.1 Å². The van der Waals surface area contributed by atoms with Crippen LogP contribution in [0.15, 0.2) is 84.0 Å². The molecule has 1 atom stereocenters. The van der Waals surface area contributed by atoms with Crippen LogP contribution in [0.25, 0.3) is 11.1 Å². The molecule has 1 heterocycles. The van der Waals surface area contributed by atoms with E-state index in [1.807, 2.05) is 37.3 Å². The second kappa shape index (κ2) is 10.9. The molecule has 33 heavy (non-hydrogen) atoms. The van der Waals surface area contributed by atoms with Gasteiger partial charge in [-0.3, -0.25) is 9.69 Å². The molecule has 0 aliphatic carbocycles. The summed E-state index contributed by atoms with van der Waals surface area (Å²) in [4.78, 5) is 19.1. The van der Waals surface area contributed by atoms with Crippen LogP contribution in [0.1, 0.15) is 36.5 Å². The Morgan fingerprint density at radius 3 is 2.33 bits per heavy atom. The minimum Gasteiger partial charge on any atom is -0.481 e. The van der Waals surface area contributed by atoms with Gasteiger partial charge in [-0.2, -0.15) is 0 Å². The highest BCUT2D eigenvalue weighted by Gasteiger charge is 2.25. The minimum atomic E-state index is -0.686. The first-order valence-corrected chi connectivity index (χ1v) is 11.4. The fraction of sp³-hybridized carbons (Fsp3) is 0.286. The van der Waals surface area contributed by atoms with Gasteiger partial charge in [-0.25, -0.2) is 0 Å². The third-order valence-corrected chi connectivity index (χ3v) is 6.13. The highest BCUT2D eigenvalue weighted by molar-refractivity contribution is 5.98. The molecule has 5 heteroatoms. The van der Waals surface area contributed by atoms with Crippen LogP contribution in [0.2, 0.25) is 0 Å². The quantitative estimate of drug-likeness (QED) is 0.365. The van der Waals surface area contributed by atoms with Crippen molar-refractivity contribution in [3.05, 3.63) is 95.6 Å². The molecule has 5 nitrogen and oxygen atoms in total. The van der Waals surface area contributed by atoms with Crippen LogP contribution in [0.4, 0.5) is 0 Å². The Balaban J connectivity index is 1.28. The largest absolute Gasteiger partial charge is 0.481 e. The molecule has 1 saturated heterocycles. The van der Waals surface area contributed by atoms with E-state index in [2.05, 4.69) is 58.6 Å². The number of rotatable bonds is 8. The number of carboxylic acids is 1. The van der Waals surface area contributed by atoms with Gasteiger partial charge in [0, 0.05) is 13.1 Å². The number of carboxylic acid groups (broad SMARTS) is 1. The van der Waals surface area contributed by atoms with Crippen molar-refractivity contribution in [1.82, 2.24) is 4.90 Å². The van der Waals surface area contributed by atoms with Gasteiger partial charge in [0.2, 0.25) is 0 Å². The molecule has 1 aliphatic rings. The van der Waals surface area contributed by atoms with E-state index in [-0.39, 0.29) is 5.92 Å². The van der Waals surface area contributed by atoms with E-state index in [0.717, 1.165) is 42.8 Å². The van der Waals surface area contributed by atoms with Crippen LogP contribution in [0, 0.1) is 5.92 Å². The summed E-state index contributed by atoms with van der Waals surface area (Å²) >= 11 is 0. The Bertz CT molecular complexity index is 1080. The van der Waals surface area contributed by atoms with Gasteiger partial charge in [0.25, 0.3) is 0 Å². The number of nitrogens with zero attached hydrogens (tertiary/aromatic N) is 2. The highest BCUT2D eigenvalue weighted by atomic mass is 16.6. The third-order valence-electron chi connectivity index (χ3n) is 6.13. The molecule has 1 fully saturated rings. The molecule has 0 spiro atoms. The van der Waals surface area contributed by atoms with Gasteiger partial charge >= 0.3 is 5.97 Å². The summed E-state index contributed by atoms with van der Waals surface area (Å²) in [5.74, 6) is -0.937. The van der Waals surface area contributed by atoms with Crippen LogP contribution in [-0.4, -0.2) is 34.8 Å². The fourth-order valence-corrected chi connectivity index (χ4v) is 4.19. The van der Waals surface area contributed by atoms with Crippen molar-refractivity contribution in [3.8, 4) is 11.1 Å². The molecule has 3 aromatic carbocycles. The zero-order chi connectivity index (χ0) is 23.0. The molecule has 0 aromatic heterocycles. The predicted molar refractivity (Wildman–Crippen MR) is 131 cm³/mol. The van der Waals surface area contributed by atoms with Crippen molar-refractivity contribution in [1.29, 1.82) is 0 Å². The van der Waals surface area contributed by atoms with Crippen LogP contribution < -0.4 is 0 Å². The van der Waals surface area contributed by atoms with Crippen molar-refractivity contribution in [3.63, 3.8) is 0 Å². The molecular formula is C28H30N2O3. The number of hydrogen-bond donors (Lipinski definition) is 1. The number of aliphatic carboxylic acids is 1. The van der Waals surface area contributed by atoms with Crippen molar-refractivity contribution >= 4 is 11.7 Å². The summed E-state index contributed by atoms with van der Waals surface area (Å²) in [6.07, 6.45) is 1.71. The Labute approximate surface area is 195 Å². The minimum absolute atomic E-state index is 0.251. The van der Waals surface area contributed by atoms with Gasteiger partial charge < -0.3 is 9.94 Å². The molecule has 0 radical (unpaired) electrons. The Kier molecular flexibility index (Phi) is 7.53. The van der Waals surface area contributed by atoms with Crippen LogP contribution in [-0.2, 0) is 22.8 Å². The molecule has 1 aliphatic heterocycles. The Morgan fingerprint density at radius 2 is 1.64 bits per heavy atom. The first-order valence-electron chi connectivity index (χ1n) is 11.4. The Morgan fingerprint density at radius 1 is 0.970 bits per heavy atom. The second-order valence-electron chi connectivity index (χ2n) is 8.62. The monoisotopic (exact) mass is 442 g/mol. The van der Waals surface area contributed by atoms with E-state index in [0.29, 0.717) is 13.2 Å². The topological polar surface area (TPSA) is 62.1 Å². The van der Waals surface area contributed by atoms with Crippen molar-refractivity contribution in [2.75, 3.05) is 13.1 Å². The van der Waals surface area contributed by atoms with Gasteiger partial charge in [-0.15, -0.1) is 0 Å². The van der Waals surface area contributed by atoms with E-state index >= 15 is 0 Å². The molecule has 4 rings (SSSR count). The van der Waals surface area contributed by atoms with E-state index in [4.69, 9.17) is 4.84 Å². The van der Waals surface area contributed by atoms with Gasteiger partial charge in [0.15, 0.2) is 0 Å². The summed E-state index contributed by atoms with van der Waals surface area (Å²) in [5, 5.41) is 13.6. The molecule has 0 saturated carbocycles. The zero-order valence-electron chi connectivity index (χ0n) is 19.0. The number of likely N-dealkylation sites (tertiary alicyclic amines) is 1. The van der Waals surface area contributed by atoms with Gasteiger partial charge in [0.05, 0.1) is 11.6 Å². The predicted octanol–water partition coefficient (Wildman–Crippen LogP) is 5.59. The SMILES string of the molecule is C/C(=N\OCc1ccc(-c2ccccc2)cc1)c1ccc(CN2CCCC(C(=O)O)C2)cc1. The number of piperidine rings is 1.